The zero-order chi connectivity index (χ0) is 9.97. The van der Waals surface area contributed by atoms with Crippen molar-refractivity contribution < 1.29 is 4.42 Å². The van der Waals surface area contributed by atoms with Gasteiger partial charge in [-0.15, -0.1) is 0 Å². The lowest BCUT2D eigenvalue weighted by molar-refractivity contribution is 0.573. The third kappa shape index (κ3) is 1.44. The summed E-state index contributed by atoms with van der Waals surface area (Å²) >= 11 is 0. The Balaban J connectivity index is 2.36. The molecule has 0 spiro atoms. The Bertz CT molecular complexity index is 403. The predicted molar refractivity (Wildman–Crippen MR) is 53.7 cm³/mol. The quantitative estimate of drug-likeness (QED) is 0.792. The third-order valence-corrected chi connectivity index (χ3v) is 2.23. The maximum absolute atomic E-state index is 5.49. The Labute approximate surface area is 82.4 Å². The molecule has 0 aromatic carbocycles. The fraction of sp³-hybridized carbons (Fsp3) is 0.300. The van der Waals surface area contributed by atoms with E-state index < -0.39 is 0 Å². The van der Waals surface area contributed by atoms with Crippen LogP contribution in [-0.4, -0.2) is 16.1 Å². The Kier molecular flexibility index (Phi) is 2.37. The van der Waals surface area contributed by atoms with Gasteiger partial charge in [-0.05, 0) is 18.7 Å². The highest BCUT2D eigenvalue weighted by Gasteiger charge is 2.09. The number of nitrogens with two attached hydrogens (primary N) is 1. The number of hydrogen-bond donors (Lipinski definition) is 1. The van der Waals surface area contributed by atoms with Crippen molar-refractivity contribution in [3.05, 3.63) is 30.3 Å². The summed E-state index contributed by atoms with van der Waals surface area (Å²) in [5.41, 5.74) is 6.62. The van der Waals surface area contributed by atoms with E-state index in [1.165, 1.54) is 0 Å². The molecule has 0 aliphatic heterocycles. The second kappa shape index (κ2) is 3.67. The van der Waals surface area contributed by atoms with Crippen LogP contribution in [0.15, 0.2) is 29.0 Å². The molecule has 0 aliphatic carbocycles. The lowest BCUT2D eigenvalue weighted by atomic mass is 10.3. The van der Waals surface area contributed by atoms with Gasteiger partial charge in [0.1, 0.15) is 0 Å². The van der Waals surface area contributed by atoms with Crippen LogP contribution in [0.5, 0.6) is 0 Å². The number of furan rings is 1. The predicted octanol–water partition coefficient (Wildman–Crippen LogP) is 1.18. The van der Waals surface area contributed by atoms with E-state index in [4.69, 9.17) is 10.2 Å². The zero-order valence-electron chi connectivity index (χ0n) is 8.10. The van der Waals surface area contributed by atoms with Crippen molar-refractivity contribution in [2.24, 2.45) is 12.8 Å². The SMILES string of the molecule is Cn1c(CCN)cnc1-c1ccco1. The second-order valence-corrected chi connectivity index (χ2v) is 3.15. The lowest BCUT2D eigenvalue weighted by Crippen LogP contribution is -2.06. The van der Waals surface area contributed by atoms with Crippen molar-refractivity contribution >= 4 is 0 Å². The van der Waals surface area contributed by atoms with Gasteiger partial charge in [0.05, 0.1) is 6.26 Å². The molecule has 4 nitrogen and oxygen atoms in total. The van der Waals surface area contributed by atoms with Gasteiger partial charge in [0.2, 0.25) is 0 Å². The van der Waals surface area contributed by atoms with E-state index >= 15 is 0 Å². The van der Waals surface area contributed by atoms with Crippen molar-refractivity contribution in [2.75, 3.05) is 6.54 Å². The fourth-order valence-corrected chi connectivity index (χ4v) is 1.46. The highest BCUT2D eigenvalue weighted by atomic mass is 16.3. The first kappa shape index (κ1) is 9.02. The lowest BCUT2D eigenvalue weighted by Gasteiger charge is -2.02. The summed E-state index contributed by atoms with van der Waals surface area (Å²) in [4.78, 5) is 4.29. The van der Waals surface area contributed by atoms with E-state index in [1.54, 1.807) is 6.26 Å². The van der Waals surface area contributed by atoms with E-state index in [9.17, 15) is 0 Å². The van der Waals surface area contributed by atoms with Gasteiger partial charge in [0.25, 0.3) is 0 Å². The molecule has 0 unspecified atom stereocenters. The standard InChI is InChI=1S/C10H13N3O/c1-13-8(4-5-11)7-12-10(13)9-3-2-6-14-9/h2-3,6-7H,4-5,11H2,1H3. The van der Waals surface area contributed by atoms with Gasteiger partial charge in [-0.3, -0.25) is 0 Å². The van der Waals surface area contributed by atoms with Crippen LogP contribution >= 0.6 is 0 Å². The minimum Gasteiger partial charge on any atom is -0.461 e. The molecule has 2 aromatic rings. The zero-order valence-corrected chi connectivity index (χ0v) is 8.10. The summed E-state index contributed by atoms with van der Waals surface area (Å²) in [5.74, 6) is 1.63. The van der Waals surface area contributed by atoms with E-state index in [1.807, 2.05) is 29.9 Å². The van der Waals surface area contributed by atoms with Crippen LogP contribution in [-0.2, 0) is 13.5 Å². The van der Waals surface area contributed by atoms with Crippen molar-refractivity contribution in [1.29, 1.82) is 0 Å². The molecule has 74 valence electrons. The summed E-state index contributed by atoms with van der Waals surface area (Å²) in [6.07, 6.45) is 4.32. The van der Waals surface area contributed by atoms with Gasteiger partial charge in [-0.2, -0.15) is 0 Å². The van der Waals surface area contributed by atoms with Crippen molar-refractivity contribution in [2.45, 2.75) is 6.42 Å². The van der Waals surface area contributed by atoms with Gasteiger partial charge in [-0.1, -0.05) is 0 Å². The molecular weight excluding hydrogens is 178 g/mol. The largest absolute Gasteiger partial charge is 0.461 e. The van der Waals surface area contributed by atoms with Gasteiger partial charge >= 0.3 is 0 Å². The molecule has 0 saturated carbocycles. The highest BCUT2D eigenvalue weighted by molar-refractivity contribution is 5.47. The van der Waals surface area contributed by atoms with E-state index in [0.29, 0.717) is 6.54 Å². The third-order valence-electron chi connectivity index (χ3n) is 2.23. The van der Waals surface area contributed by atoms with Crippen LogP contribution in [0.4, 0.5) is 0 Å². The maximum atomic E-state index is 5.49. The molecule has 2 N–H and O–H groups in total. The minimum atomic E-state index is 0.636. The molecule has 0 amide bonds. The molecule has 2 aromatic heterocycles. The Morgan fingerprint density at radius 1 is 1.57 bits per heavy atom. The van der Waals surface area contributed by atoms with E-state index in [-0.39, 0.29) is 0 Å². The molecule has 14 heavy (non-hydrogen) atoms. The van der Waals surface area contributed by atoms with Crippen LogP contribution in [0.25, 0.3) is 11.6 Å². The van der Waals surface area contributed by atoms with E-state index in [0.717, 1.165) is 23.7 Å². The van der Waals surface area contributed by atoms with Gasteiger partial charge in [-0.25, -0.2) is 4.98 Å². The van der Waals surface area contributed by atoms with Gasteiger partial charge in [0, 0.05) is 25.4 Å². The molecule has 0 bridgehead atoms. The highest BCUT2D eigenvalue weighted by Crippen LogP contribution is 2.18. The molecular formula is C10H13N3O. The molecule has 2 rings (SSSR count). The fourth-order valence-electron chi connectivity index (χ4n) is 1.46. The number of hydrogen-bond acceptors (Lipinski definition) is 3. The van der Waals surface area contributed by atoms with Crippen LogP contribution in [0.2, 0.25) is 0 Å². The van der Waals surface area contributed by atoms with Gasteiger partial charge < -0.3 is 14.7 Å². The molecule has 0 fully saturated rings. The van der Waals surface area contributed by atoms with Gasteiger partial charge in [0.15, 0.2) is 11.6 Å². The van der Waals surface area contributed by atoms with Crippen LogP contribution in [0.3, 0.4) is 0 Å². The van der Waals surface area contributed by atoms with Crippen LogP contribution in [0, 0.1) is 0 Å². The first-order valence-corrected chi connectivity index (χ1v) is 4.57. The van der Waals surface area contributed by atoms with Crippen molar-refractivity contribution in [3.63, 3.8) is 0 Å². The molecule has 2 heterocycles. The monoisotopic (exact) mass is 191 g/mol. The summed E-state index contributed by atoms with van der Waals surface area (Å²) < 4.78 is 7.28. The molecule has 0 atom stereocenters. The molecule has 0 saturated heterocycles. The average molecular weight is 191 g/mol. The Morgan fingerprint density at radius 3 is 3.07 bits per heavy atom. The first-order chi connectivity index (χ1) is 6.83. The molecule has 4 heteroatoms. The summed E-state index contributed by atoms with van der Waals surface area (Å²) in [6, 6.07) is 3.75. The summed E-state index contributed by atoms with van der Waals surface area (Å²) in [6.45, 7) is 0.636. The first-order valence-electron chi connectivity index (χ1n) is 4.57. The van der Waals surface area contributed by atoms with Crippen molar-refractivity contribution in [3.8, 4) is 11.6 Å². The molecule has 0 aliphatic rings. The van der Waals surface area contributed by atoms with Crippen molar-refractivity contribution in [1.82, 2.24) is 9.55 Å². The smallest absolute Gasteiger partial charge is 0.176 e. The minimum absolute atomic E-state index is 0.636. The number of nitrogens with zero attached hydrogens (tertiary/aromatic N) is 2. The molecule has 0 radical (unpaired) electrons. The second-order valence-electron chi connectivity index (χ2n) is 3.15. The van der Waals surface area contributed by atoms with Crippen LogP contribution in [0.1, 0.15) is 5.69 Å². The maximum Gasteiger partial charge on any atom is 0.176 e. The number of rotatable bonds is 3. The van der Waals surface area contributed by atoms with E-state index in [2.05, 4.69) is 4.98 Å². The number of aromatic nitrogens is 2. The summed E-state index contributed by atoms with van der Waals surface area (Å²) in [5, 5.41) is 0. The Morgan fingerprint density at radius 2 is 2.43 bits per heavy atom. The normalized spacial score (nSPS) is 10.7. The summed E-state index contributed by atoms with van der Waals surface area (Å²) in [7, 11) is 1.97. The Hall–Kier alpha value is -1.55. The average Bonchev–Trinajstić information content (AvgIpc) is 2.77. The topological polar surface area (TPSA) is 57.0 Å². The van der Waals surface area contributed by atoms with Crippen LogP contribution < -0.4 is 5.73 Å². The number of imidazole rings is 1.